The molecule has 1 aliphatic rings. The third kappa shape index (κ3) is 3.56. The molecule has 2 aromatic rings. The predicted molar refractivity (Wildman–Crippen MR) is 85.0 cm³/mol. The zero-order valence-corrected chi connectivity index (χ0v) is 12.4. The maximum Gasteiger partial charge on any atom is 0.264 e. The van der Waals surface area contributed by atoms with E-state index in [4.69, 9.17) is 16.0 Å². The standard InChI is InChI=1S/C15H11ClN2O2S/c16-11-5-3-10(4-6-11)8-13-14(19)18-15(21-13)17-9-12-2-1-7-20-12/h1-8H,9H2,(H,17,18,19)/b13-8-. The van der Waals surface area contributed by atoms with Crippen molar-refractivity contribution in [3.63, 3.8) is 0 Å². The summed E-state index contributed by atoms with van der Waals surface area (Å²) in [5.74, 6) is 0.612. The zero-order chi connectivity index (χ0) is 14.7. The van der Waals surface area contributed by atoms with Gasteiger partial charge in [-0.1, -0.05) is 23.7 Å². The maximum atomic E-state index is 11.9. The molecule has 1 aromatic heterocycles. The summed E-state index contributed by atoms with van der Waals surface area (Å²) in [6, 6.07) is 11.0. The van der Waals surface area contributed by atoms with E-state index in [1.807, 2.05) is 30.3 Å². The molecule has 0 bridgehead atoms. The molecule has 1 fully saturated rings. The van der Waals surface area contributed by atoms with E-state index in [-0.39, 0.29) is 5.91 Å². The number of nitrogens with one attached hydrogen (secondary N) is 1. The number of halogens is 1. The third-order valence-electron chi connectivity index (χ3n) is 2.78. The van der Waals surface area contributed by atoms with E-state index in [1.165, 1.54) is 11.8 Å². The normalized spacial score (nSPS) is 18.4. The van der Waals surface area contributed by atoms with Crippen LogP contribution in [0.2, 0.25) is 5.02 Å². The smallest absolute Gasteiger partial charge is 0.264 e. The van der Waals surface area contributed by atoms with Crippen LogP contribution in [-0.4, -0.2) is 11.1 Å². The quantitative estimate of drug-likeness (QED) is 0.878. The molecule has 1 saturated heterocycles. The van der Waals surface area contributed by atoms with Gasteiger partial charge < -0.3 is 9.73 Å². The Morgan fingerprint density at radius 2 is 2.10 bits per heavy atom. The molecule has 4 nitrogen and oxygen atoms in total. The van der Waals surface area contributed by atoms with Gasteiger partial charge in [0.05, 0.1) is 17.7 Å². The molecule has 0 atom stereocenters. The molecule has 6 heteroatoms. The Bertz CT molecular complexity index is 706. The van der Waals surface area contributed by atoms with Crippen LogP contribution in [0.15, 0.2) is 57.0 Å². The Labute approximate surface area is 130 Å². The summed E-state index contributed by atoms with van der Waals surface area (Å²) in [6.45, 7) is 0.407. The summed E-state index contributed by atoms with van der Waals surface area (Å²) < 4.78 is 5.20. The van der Waals surface area contributed by atoms with Gasteiger partial charge in [-0.05, 0) is 47.7 Å². The number of rotatable bonds is 3. The molecular formula is C15H11ClN2O2S. The first-order valence-corrected chi connectivity index (χ1v) is 7.43. The van der Waals surface area contributed by atoms with E-state index in [0.29, 0.717) is 21.6 Å². The molecular weight excluding hydrogens is 308 g/mol. The second-order valence-corrected chi connectivity index (χ2v) is 5.78. The second-order valence-electron chi connectivity index (χ2n) is 4.32. The molecule has 0 aliphatic carbocycles. The summed E-state index contributed by atoms with van der Waals surface area (Å²) in [6.07, 6.45) is 3.41. The lowest BCUT2D eigenvalue weighted by molar-refractivity contribution is -0.115. The fraction of sp³-hybridized carbons (Fsp3) is 0.0667. The largest absolute Gasteiger partial charge is 0.467 e. The first kappa shape index (κ1) is 14.0. The highest BCUT2D eigenvalue weighted by Crippen LogP contribution is 2.26. The molecule has 3 rings (SSSR count). The van der Waals surface area contributed by atoms with Gasteiger partial charge in [-0.25, -0.2) is 0 Å². The Morgan fingerprint density at radius 3 is 2.81 bits per heavy atom. The highest BCUT2D eigenvalue weighted by Gasteiger charge is 2.23. The van der Waals surface area contributed by atoms with Crippen molar-refractivity contribution in [1.29, 1.82) is 0 Å². The van der Waals surface area contributed by atoms with Crippen LogP contribution in [0.25, 0.3) is 6.08 Å². The lowest BCUT2D eigenvalue weighted by Gasteiger charge is -1.95. The van der Waals surface area contributed by atoms with Crippen molar-refractivity contribution in [2.45, 2.75) is 6.54 Å². The van der Waals surface area contributed by atoms with Crippen LogP contribution in [0.5, 0.6) is 0 Å². The van der Waals surface area contributed by atoms with Gasteiger partial charge in [-0.3, -0.25) is 9.79 Å². The number of amidine groups is 1. The first-order chi connectivity index (χ1) is 10.2. The number of aliphatic imine (C=N–C) groups is 1. The van der Waals surface area contributed by atoms with E-state index in [9.17, 15) is 4.79 Å². The molecule has 1 N–H and O–H groups in total. The third-order valence-corrected chi connectivity index (χ3v) is 3.98. The highest BCUT2D eigenvalue weighted by molar-refractivity contribution is 8.18. The summed E-state index contributed by atoms with van der Waals surface area (Å²) in [4.78, 5) is 16.8. The molecule has 21 heavy (non-hydrogen) atoms. The van der Waals surface area contributed by atoms with E-state index in [0.717, 1.165) is 11.3 Å². The molecule has 0 radical (unpaired) electrons. The lowest BCUT2D eigenvalue weighted by Crippen LogP contribution is -2.19. The maximum absolute atomic E-state index is 11.9. The fourth-order valence-corrected chi connectivity index (χ4v) is 2.71. The van der Waals surface area contributed by atoms with Crippen LogP contribution in [0.4, 0.5) is 0 Å². The number of benzene rings is 1. The van der Waals surface area contributed by atoms with E-state index in [2.05, 4.69) is 10.3 Å². The average molecular weight is 319 g/mol. The lowest BCUT2D eigenvalue weighted by atomic mass is 10.2. The van der Waals surface area contributed by atoms with Crippen LogP contribution in [0.1, 0.15) is 11.3 Å². The monoisotopic (exact) mass is 318 g/mol. The second kappa shape index (κ2) is 6.20. The van der Waals surface area contributed by atoms with Crippen LogP contribution in [-0.2, 0) is 11.3 Å². The number of amides is 1. The molecule has 2 heterocycles. The number of furan rings is 1. The minimum atomic E-state index is -0.145. The summed E-state index contributed by atoms with van der Waals surface area (Å²) in [7, 11) is 0. The molecule has 1 amide bonds. The number of hydrogen-bond donors (Lipinski definition) is 1. The van der Waals surface area contributed by atoms with Crippen LogP contribution >= 0.6 is 23.4 Å². The van der Waals surface area contributed by atoms with Crippen LogP contribution in [0.3, 0.4) is 0 Å². The molecule has 0 spiro atoms. The number of hydrogen-bond acceptors (Lipinski definition) is 4. The van der Waals surface area contributed by atoms with Gasteiger partial charge in [0.2, 0.25) is 0 Å². The van der Waals surface area contributed by atoms with Gasteiger partial charge >= 0.3 is 0 Å². The molecule has 0 unspecified atom stereocenters. The van der Waals surface area contributed by atoms with Gasteiger partial charge in [0.15, 0.2) is 5.17 Å². The fourth-order valence-electron chi connectivity index (χ4n) is 1.76. The topological polar surface area (TPSA) is 54.6 Å². The van der Waals surface area contributed by atoms with Crippen molar-refractivity contribution in [3.05, 3.63) is 63.9 Å². The minimum Gasteiger partial charge on any atom is -0.467 e. The van der Waals surface area contributed by atoms with E-state index < -0.39 is 0 Å². The number of thioether (sulfide) groups is 1. The van der Waals surface area contributed by atoms with Gasteiger partial charge in [-0.15, -0.1) is 0 Å². The first-order valence-electron chi connectivity index (χ1n) is 6.24. The zero-order valence-electron chi connectivity index (χ0n) is 10.9. The highest BCUT2D eigenvalue weighted by atomic mass is 35.5. The van der Waals surface area contributed by atoms with Gasteiger partial charge in [0, 0.05) is 5.02 Å². The summed E-state index contributed by atoms with van der Waals surface area (Å²) in [5.41, 5.74) is 0.921. The van der Waals surface area contributed by atoms with E-state index in [1.54, 1.807) is 18.4 Å². The van der Waals surface area contributed by atoms with Crippen LogP contribution < -0.4 is 5.32 Å². The molecule has 1 aromatic carbocycles. The summed E-state index contributed by atoms with van der Waals surface area (Å²) >= 11 is 7.15. The minimum absolute atomic E-state index is 0.145. The Morgan fingerprint density at radius 1 is 1.29 bits per heavy atom. The number of carbonyl (C=O) groups is 1. The summed E-state index contributed by atoms with van der Waals surface area (Å²) in [5, 5.41) is 3.98. The van der Waals surface area contributed by atoms with Crippen molar-refractivity contribution in [3.8, 4) is 0 Å². The van der Waals surface area contributed by atoms with Crippen LogP contribution in [0, 0.1) is 0 Å². The SMILES string of the molecule is O=C1NC(=NCc2ccco2)S/C1=C\c1ccc(Cl)cc1. The van der Waals surface area contributed by atoms with Crippen molar-refractivity contribution >= 4 is 40.5 Å². The number of nitrogens with zero attached hydrogens (tertiary/aromatic N) is 1. The number of carbonyl (C=O) groups excluding carboxylic acids is 1. The molecule has 0 saturated carbocycles. The molecule has 106 valence electrons. The Hall–Kier alpha value is -1.98. The van der Waals surface area contributed by atoms with Crippen molar-refractivity contribution in [1.82, 2.24) is 5.32 Å². The predicted octanol–water partition coefficient (Wildman–Crippen LogP) is 3.69. The van der Waals surface area contributed by atoms with Gasteiger partial charge in [-0.2, -0.15) is 0 Å². The van der Waals surface area contributed by atoms with Gasteiger partial charge in [0.1, 0.15) is 5.76 Å². The van der Waals surface area contributed by atoms with Crippen molar-refractivity contribution in [2.75, 3.05) is 0 Å². The van der Waals surface area contributed by atoms with Crippen molar-refractivity contribution < 1.29 is 9.21 Å². The Balaban J connectivity index is 1.72. The van der Waals surface area contributed by atoms with Crippen molar-refractivity contribution in [2.24, 2.45) is 4.99 Å². The average Bonchev–Trinajstić information content (AvgIpc) is 3.10. The molecule has 1 aliphatic heterocycles. The van der Waals surface area contributed by atoms with E-state index >= 15 is 0 Å². The van der Waals surface area contributed by atoms with Gasteiger partial charge in [0.25, 0.3) is 5.91 Å². The Kier molecular flexibility index (Phi) is 4.13.